The van der Waals surface area contributed by atoms with Gasteiger partial charge in [-0.05, 0) is 90.2 Å². The van der Waals surface area contributed by atoms with Gasteiger partial charge in [-0.25, -0.2) is 0 Å². The number of rotatable bonds is 16. The molecular formula is C30H50O6. The number of carbonyl (C=O) groups excluding carboxylic acids is 2. The summed E-state index contributed by atoms with van der Waals surface area (Å²) >= 11 is 0. The van der Waals surface area contributed by atoms with E-state index in [2.05, 4.69) is 39.8 Å². The molecule has 0 atom stereocenters. The van der Waals surface area contributed by atoms with Crippen LogP contribution < -0.4 is 9.47 Å². The van der Waals surface area contributed by atoms with E-state index in [1.807, 2.05) is 41.5 Å². The number of esters is 2. The first-order valence-corrected chi connectivity index (χ1v) is 13.6. The second-order valence-electron chi connectivity index (χ2n) is 11.3. The Morgan fingerprint density at radius 1 is 0.694 bits per heavy atom. The Bertz CT molecular complexity index is 768. The van der Waals surface area contributed by atoms with Crippen LogP contribution in [0.2, 0.25) is 0 Å². The molecule has 1 aromatic rings. The van der Waals surface area contributed by atoms with Gasteiger partial charge in [-0.2, -0.15) is 0 Å². The standard InChI is InChI=1S/C30H50O6/c1-11-33-25-19-24(30(9,10)18-14-16-28(32)36-22(5)6)26(34-12-2)20-23(25)29(7,8)17-13-15-27(31)35-21(3)4/h19-22H,11-18H2,1-10H3. The molecule has 0 saturated carbocycles. The molecule has 0 spiro atoms. The molecule has 6 heteroatoms. The van der Waals surface area contributed by atoms with Crippen molar-refractivity contribution >= 4 is 11.9 Å². The third-order valence-corrected chi connectivity index (χ3v) is 6.24. The van der Waals surface area contributed by atoms with Crippen LogP contribution in [0, 0.1) is 0 Å². The van der Waals surface area contributed by atoms with Gasteiger partial charge in [0.1, 0.15) is 11.5 Å². The third kappa shape index (κ3) is 10.4. The lowest BCUT2D eigenvalue weighted by Crippen LogP contribution is -2.23. The van der Waals surface area contributed by atoms with Crippen LogP contribution in [0.25, 0.3) is 0 Å². The zero-order valence-corrected chi connectivity index (χ0v) is 24.4. The Labute approximate surface area is 219 Å². The van der Waals surface area contributed by atoms with Crippen molar-refractivity contribution in [3.05, 3.63) is 23.3 Å². The molecule has 0 N–H and O–H groups in total. The SMILES string of the molecule is CCOc1cc(C(C)(C)CCCC(=O)OC(C)C)c(OCC)cc1C(C)(C)CCCC(=O)OC(C)C. The smallest absolute Gasteiger partial charge is 0.306 e. The Balaban J connectivity index is 3.19. The Hall–Kier alpha value is -2.24. The van der Waals surface area contributed by atoms with E-state index in [0.717, 1.165) is 48.3 Å². The zero-order valence-electron chi connectivity index (χ0n) is 24.4. The molecule has 6 nitrogen and oxygen atoms in total. The van der Waals surface area contributed by atoms with Crippen LogP contribution in [0.1, 0.15) is 119 Å². The van der Waals surface area contributed by atoms with Gasteiger partial charge in [-0.1, -0.05) is 27.7 Å². The van der Waals surface area contributed by atoms with Crippen molar-refractivity contribution in [2.45, 2.75) is 131 Å². The average molecular weight is 507 g/mol. The highest BCUT2D eigenvalue weighted by molar-refractivity contribution is 5.69. The first-order chi connectivity index (χ1) is 16.7. The molecule has 36 heavy (non-hydrogen) atoms. The second kappa shape index (κ2) is 14.5. The summed E-state index contributed by atoms with van der Waals surface area (Å²) in [4.78, 5) is 24.0. The van der Waals surface area contributed by atoms with Gasteiger partial charge < -0.3 is 18.9 Å². The minimum absolute atomic E-state index is 0.0967. The number of hydrogen-bond acceptors (Lipinski definition) is 6. The highest BCUT2D eigenvalue weighted by Gasteiger charge is 2.31. The van der Waals surface area contributed by atoms with Gasteiger partial charge in [-0.3, -0.25) is 9.59 Å². The first kappa shape index (κ1) is 31.8. The van der Waals surface area contributed by atoms with E-state index in [-0.39, 0.29) is 35.0 Å². The lowest BCUT2D eigenvalue weighted by Gasteiger charge is -2.33. The average Bonchev–Trinajstić information content (AvgIpc) is 2.73. The molecule has 0 radical (unpaired) electrons. The van der Waals surface area contributed by atoms with Gasteiger partial charge in [0.15, 0.2) is 0 Å². The van der Waals surface area contributed by atoms with Gasteiger partial charge >= 0.3 is 11.9 Å². The van der Waals surface area contributed by atoms with Crippen molar-refractivity contribution in [2.24, 2.45) is 0 Å². The first-order valence-electron chi connectivity index (χ1n) is 13.6. The lowest BCUT2D eigenvalue weighted by molar-refractivity contribution is -0.148. The molecule has 0 saturated heterocycles. The maximum Gasteiger partial charge on any atom is 0.306 e. The van der Waals surface area contributed by atoms with Gasteiger partial charge in [-0.15, -0.1) is 0 Å². The number of hydrogen-bond donors (Lipinski definition) is 0. The summed E-state index contributed by atoms with van der Waals surface area (Å²) in [7, 11) is 0. The molecule has 0 aliphatic carbocycles. The van der Waals surface area contributed by atoms with Crippen molar-refractivity contribution in [2.75, 3.05) is 13.2 Å². The molecule has 1 rings (SSSR count). The largest absolute Gasteiger partial charge is 0.494 e. The summed E-state index contributed by atoms with van der Waals surface area (Å²) in [5.41, 5.74) is 1.70. The number of ether oxygens (including phenoxy) is 4. The van der Waals surface area contributed by atoms with Gasteiger partial charge in [0.2, 0.25) is 0 Å². The molecule has 206 valence electrons. The molecular weight excluding hydrogens is 456 g/mol. The minimum atomic E-state index is -0.224. The van der Waals surface area contributed by atoms with Crippen LogP contribution >= 0.6 is 0 Å². The lowest BCUT2D eigenvalue weighted by atomic mass is 9.75. The maximum atomic E-state index is 12.0. The summed E-state index contributed by atoms with van der Waals surface area (Å²) in [6.45, 7) is 21.3. The summed E-state index contributed by atoms with van der Waals surface area (Å²) < 4.78 is 22.9. The predicted molar refractivity (Wildman–Crippen MR) is 145 cm³/mol. The van der Waals surface area contributed by atoms with Crippen LogP contribution in [0.4, 0.5) is 0 Å². The molecule has 0 bridgehead atoms. The van der Waals surface area contributed by atoms with Crippen molar-refractivity contribution in [1.29, 1.82) is 0 Å². The van der Waals surface area contributed by atoms with E-state index in [1.165, 1.54) is 0 Å². The zero-order chi connectivity index (χ0) is 27.5. The van der Waals surface area contributed by atoms with Crippen LogP contribution in [-0.2, 0) is 29.9 Å². The summed E-state index contributed by atoms with van der Waals surface area (Å²) in [5, 5.41) is 0. The van der Waals surface area contributed by atoms with Gasteiger partial charge in [0, 0.05) is 24.0 Å². The van der Waals surface area contributed by atoms with E-state index >= 15 is 0 Å². The molecule has 0 heterocycles. The molecule has 0 unspecified atom stereocenters. The predicted octanol–water partition coefficient (Wildman–Crippen LogP) is 7.28. The van der Waals surface area contributed by atoms with Gasteiger partial charge in [0.25, 0.3) is 0 Å². The third-order valence-electron chi connectivity index (χ3n) is 6.24. The van der Waals surface area contributed by atoms with E-state index < -0.39 is 0 Å². The fourth-order valence-electron chi connectivity index (χ4n) is 4.43. The number of benzene rings is 1. The highest BCUT2D eigenvalue weighted by atomic mass is 16.5. The maximum absolute atomic E-state index is 12.0. The van der Waals surface area contributed by atoms with Crippen LogP contribution in [0.5, 0.6) is 11.5 Å². The molecule has 0 aromatic heterocycles. The normalized spacial score (nSPS) is 12.1. The van der Waals surface area contributed by atoms with E-state index in [1.54, 1.807) is 0 Å². The van der Waals surface area contributed by atoms with Gasteiger partial charge in [0.05, 0.1) is 25.4 Å². The van der Waals surface area contributed by atoms with Crippen LogP contribution in [-0.4, -0.2) is 37.4 Å². The Morgan fingerprint density at radius 2 is 1.03 bits per heavy atom. The summed E-state index contributed by atoms with van der Waals surface area (Å²) in [5.74, 6) is 1.38. The van der Waals surface area contributed by atoms with Crippen molar-refractivity contribution in [3.63, 3.8) is 0 Å². The highest BCUT2D eigenvalue weighted by Crippen LogP contribution is 2.44. The molecule has 0 fully saturated rings. The van der Waals surface area contributed by atoms with E-state index in [4.69, 9.17) is 18.9 Å². The summed E-state index contributed by atoms with van der Waals surface area (Å²) in [6, 6.07) is 4.23. The molecule has 0 aliphatic heterocycles. The van der Waals surface area contributed by atoms with Crippen LogP contribution in [0.3, 0.4) is 0 Å². The minimum Gasteiger partial charge on any atom is -0.494 e. The fraction of sp³-hybridized carbons (Fsp3) is 0.733. The van der Waals surface area contributed by atoms with Crippen molar-refractivity contribution < 1.29 is 28.5 Å². The monoisotopic (exact) mass is 506 g/mol. The van der Waals surface area contributed by atoms with Crippen molar-refractivity contribution in [3.8, 4) is 11.5 Å². The fourth-order valence-corrected chi connectivity index (χ4v) is 4.43. The topological polar surface area (TPSA) is 71.1 Å². The molecule has 1 aromatic carbocycles. The molecule has 0 aliphatic rings. The van der Waals surface area contributed by atoms with Crippen LogP contribution in [0.15, 0.2) is 12.1 Å². The quantitative estimate of drug-likeness (QED) is 0.219. The second-order valence-corrected chi connectivity index (χ2v) is 11.3. The Morgan fingerprint density at radius 3 is 1.31 bits per heavy atom. The van der Waals surface area contributed by atoms with E-state index in [0.29, 0.717) is 26.1 Å². The summed E-state index contributed by atoms with van der Waals surface area (Å²) in [6.07, 6.45) is 3.68. The number of carbonyl (C=O) groups is 2. The van der Waals surface area contributed by atoms with E-state index in [9.17, 15) is 9.59 Å². The molecule has 0 amide bonds. The Kier molecular flexibility index (Phi) is 12.8. The van der Waals surface area contributed by atoms with Crippen molar-refractivity contribution in [1.82, 2.24) is 0 Å².